The van der Waals surface area contributed by atoms with Crippen LogP contribution in [0, 0.1) is 0 Å². The van der Waals surface area contributed by atoms with E-state index in [0.717, 1.165) is 5.56 Å². The highest BCUT2D eigenvalue weighted by Crippen LogP contribution is 2.37. The fourth-order valence-electron chi connectivity index (χ4n) is 4.06. The van der Waals surface area contributed by atoms with Crippen molar-refractivity contribution in [2.75, 3.05) is 26.2 Å². The summed E-state index contributed by atoms with van der Waals surface area (Å²) in [5.74, 6) is -0.588. The van der Waals surface area contributed by atoms with Gasteiger partial charge in [-0.05, 0) is 42.7 Å². The first kappa shape index (κ1) is 26.0. The van der Waals surface area contributed by atoms with Crippen molar-refractivity contribution in [2.45, 2.75) is 44.3 Å². The summed E-state index contributed by atoms with van der Waals surface area (Å²) in [6.45, 7) is 2.57. The van der Waals surface area contributed by atoms with E-state index in [1.54, 1.807) is 6.92 Å². The molecule has 2 atom stereocenters. The number of benzene rings is 2. The average Bonchev–Trinajstić information content (AvgIpc) is 2.77. The maximum absolute atomic E-state index is 13.2. The molecule has 1 fully saturated rings. The van der Waals surface area contributed by atoms with Crippen molar-refractivity contribution in [3.63, 3.8) is 0 Å². The largest absolute Gasteiger partial charge is 0.465 e. The summed E-state index contributed by atoms with van der Waals surface area (Å²) in [6.07, 6.45) is -9.84. The number of alkyl halides is 6. The molecule has 0 saturated carbocycles. The molecule has 1 aliphatic rings. The SMILES string of the molecule is CCOC(=O)CN1CC[C@@H](OCc2cc(C(F)(F)F)cc(C(F)(F)F)c2)[C@@H](c2ccccc2)C1. The number of rotatable bonds is 7. The zero-order valence-corrected chi connectivity index (χ0v) is 18.5. The van der Waals surface area contributed by atoms with E-state index in [1.807, 2.05) is 35.2 Å². The van der Waals surface area contributed by atoms with Gasteiger partial charge >= 0.3 is 18.3 Å². The van der Waals surface area contributed by atoms with E-state index in [2.05, 4.69) is 0 Å². The minimum atomic E-state index is -4.92. The van der Waals surface area contributed by atoms with Gasteiger partial charge in [0.05, 0.1) is 37.0 Å². The Morgan fingerprint density at radius 1 is 1.00 bits per heavy atom. The van der Waals surface area contributed by atoms with Crippen LogP contribution in [0.5, 0.6) is 0 Å². The van der Waals surface area contributed by atoms with E-state index in [0.29, 0.717) is 31.6 Å². The number of ether oxygens (including phenoxy) is 2. The number of carbonyl (C=O) groups is 1. The van der Waals surface area contributed by atoms with Gasteiger partial charge in [0.2, 0.25) is 0 Å². The predicted octanol–water partition coefficient (Wildman–Crippen LogP) is 5.66. The molecule has 186 valence electrons. The van der Waals surface area contributed by atoms with E-state index in [-0.39, 0.29) is 36.7 Å². The van der Waals surface area contributed by atoms with Crippen molar-refractivity contribution in [3.05, 3.63) is 70.8 Å². The third kappa shape index (κ3) is 6.96. The van der Waals surface area contributed by atoms with Crippen molar-refractivity contribution in [2.24, 2.45) is 0 Å². The van der Waals surface area contributed by atoms with Gasteiger partial charge in [-0.15, -0.1) is 0 Å². The Labute approximate surface area is 193 Å². The molecule has 0 unspecified atom stereocenters. The molecule has 10 heteroatoms. The van der Waals surface area contributed by atoms with Crippen LogP contribution in [0.1, 0.15) is 41.5 Å². The lowest BCUT2D eigenvalue weighted by atomic mass is 9.87. The summed E-state index contributed by atoms with van der Waals surface area (Å²) in [6, 6.07) is 10.7. The van der Waals surface area contributed by atoms with Gasteiger partial charge in [-0.3, -0.25) is 9.69 Å². The molecular formula is C24H25F6NO3. The molecule has 0 aromatic heterocycles. The molecule has 0 amide bonds. The minimum Gasteiger partial charge on any atom is -0.465 e. The van der Waals surface area contributed by atoms with Crippen molar-refractivity contribution < 1.29 is 40.6 Å². The van der Waals surface area contributed by atoms with Gasteiger partial charge in [-0.25, -0.2) is 0 Å². The normalized spacial score (nSPS) is 19.7. The van der Waals surface area contributed by atoms with Crippen LogP contribution in [0.2, 0.25) is 0 Å². The molecule has 1 saturated heterocycles. The summed E-state index contributed by atoms with van der Waals surface area (Å²) in [5, 5.41) is 0. The van der Waals surface area contributed by atoms with Gasteiger partial charge in [0, 0.05) is 19.0 Å². The number of esters is 1. The van der Waals surface area contributed by atoms with Crippen LogP contribution in [-0.2, 0) is 33.2 Å². The standard InChI is InChI=1S/C24H25F6NO3/c1-2-33-22(32)14-31-9-8-21(20(13-31)17-6-4-3-5-7-17)34-15-16-10-18(23(25,26)27)12-19(11-16)24(28,29)30/h3-7,10-12,20-21H,2,8-9,13-15H2,1H3/t20-,21-/m1/s1. The Hall–Kier alpha value is -2.59. The molecule has 0 radical (unpaired) electrons. The second-order valence-electron chi connectivity index (χ2n) is 8.11. The molecule has 4 nitrogen and oxygen atoms in total. The van der Waals surface area contributed by atoms with Crippen molar-refractivity contribution in [3.8, 4) is 0 Å². The molecular weight excluding hydrogens is 464 g/mol. The fourth-order valence-corrected chi connectivity index (χ4v) is 4.06. The van der Waals surface area contributed by atoms with Crippen molar-refractivity contribution in [1.29, 1.82) is 0 Å². The number of nitrogens with zero attached hydrogens (tertiary/aromatic N) is 1. The Morgan fingerprint density at radius 3 is 2.18 bits per heavy atom. The third-order valence-corrected chi connectivity index (χ3v) is 5.63. The van der Waals surface area contributed by atoms with E-state index < -0.39 is 36.2 Å². The molecule has 0 N–H and O–H groups in total. The van der Waals surface area contributed by atoms with E-state index in [1.165, 1.54) is 0 Å². The number of hydrogen-bond acceptors (Lipinski definition) is 4. The third-order valence-electron chi connectivity index (χ3n) is 5.63. The van der Waals surface area contributed by atoms with Crippen LogP contribution in [0.15, 0.2) is 48.5 Å². The first-order valence-electron chi connectivity index (χ1n) is 10.8. The minimum absolute atomic E-state index is 0.0897. The Kier molecular flexibility index (Phi) is 8.25. The zero-order chi connectivity index (χ0) is 24.9. The second kappa shape index (κ2) is 10.8. The van der Waals surface area contributed by atoms with Crippen molar-refractivity contribution >= 4 is 5.97 Å². The lowest BCUT2D eigenvalue weighted by Crippen LogP contribution is -2.45. The van der Waals surface area contributed by atoms with E-state index >= 15 is 0 Å². The molecule has 0 spiro atoms. The number of carbonyl (C=O) groups excluding carboxylic acids is 1. The van der Waals surface area contributed by atoms with Crippen LogP contribution >= 0.6 is 0 Å². The molecule has 2 aromatic rings. The number of piperidine rings is 1. The molecule has 1 heterocycles. The highest BCUT2D eigenvalue weighted by Gasteiger charge is 2.37. The highest BCUT2D eigenvalue weighted by atomic mass is 19.4. The maximum atomic E-state index is 13.2. The smallest absolute Gasteiger partial charge is 0.416 e. The van der Waals surface area contributed by atoms with E-state index in [4.69, 9.17) is 9.47 Å². The predicted molar refractivity (Wildman–Crippen MR) is 112 cm³/mol. The lowest BCUT2D eigenvalue weighted by molar-refractivity contribution is -0.146. The molecule has 0 bridgehead atoms. The van der Waals surface area contributed by atoms with Gasteiger partial charge in [0.1, 0.15) is 0 Å². The molecule has 1 aliphatic heterocycles. The molecule has 2 aromatic carbocycles. The summed E-state index contributed by atoms with van der Waals surface area (Å²) < 4.78 is 89.9. The number of likely N-dealkylation sites (tertiary alicyclic amines) is 1. The van der Waals surface area contributed by atoms with Gasteiger partial charge in [-0.2, -0.15) is 26.3 Å². The van der Waals surface area contributed by atoms with Crippen LogP contribution in [-0.4, -0.2) is 43.2 Å². The van der Waals surface area contributed by atoms with Crippen LogP contribution < -0.4 is 0 Å². The molecule has 0 aliphatic carbocycles. The van der Waals surface area contributed by atoms with Crippen LogP contribution in [0.25, 0.3) is 0 Å². The van der Waals surface area contributed by atoms with Gasteiger partial charge in [-0.1, -0.05) is 30.3 Å². The van der Waals surface area contributed by atoms with Gasteiger partial charge in [0.25, 0.3) is 0 Å². The van der Waals surface area contributed by atoms with Crippen LogP contribution in [0.4, 0.5) is 26.3 Å². The van der Waals surface area contributed by atoms with Gasteiger partial charge in [0.15, 0.2) is 0 Å². The maximum Gasteiger partial charge on any atom is 0.416 e. The lowest BCUT2D eigenvalue weighted by Gasteiger charge is -2.38. The summed E-state index contributed by atoms with van der Waals surface area (Å²) in [4.78, 5) is 13.8. The first-order chi connectivity index (χ1) is 16.0. The summed E-state index contributed by atoms with van der Waals surface area (Å²) >= 11 is 0. The Bertz CT molecular complexity index is 929. The monoisotopic (exact) mass is 489 g/mol. The van der Waals surface area contributed by atoms with Crippen molar-refractivity contribution in [1.82, 2.24) is 4.90 Å². The summed E-state index contributed by atoms with van der Waals surface area (Å²) in [7, 11) is 0. The quantitative estimate of drug-likeness (QED) is 0.372. The van der Waals surface area contributed by atoms with Crippen LogP contribution in [0.3, 0.4) is 0 Å². The van der Waals surface area contributed by atoms with E-state index in [9.17, 15) is 31.1 Å². The average molecular weight is 489 g/mol. The number of halogens is 6. The Morgan fingerprint density at radius 2 is 1.62 bits per heavy atom. The highest BCUT2D eigenvalue weighted by molar-refractivity contribution is 5.71. The fraction of sp³-hybridized carbons (Fsp3) is 0.458. The second-order valence-corrected chi connectivity index (χ2v) is 8.11. The molecule has 3 rings (SSSR count). The first-order valence-corrected chi connectivity index (χ1v) is 10.8. The summed E-state index contributed by atoms with van der Waals surface area (Å²) in [5.41, 5.74) is -2.04. The number of hydrogen-bond donors (Lipinski definition) is 0. The van der Waals surface area contributed by atoms with Gasteiger partial charge < -0.3 is 9.47 Å². The Balaban J connectivity index is 1.79. The zero-order valence-electron chi connectivity index (χ0n) is 18.5. The molecule has 34 heavy (non-hydrogen) atoms. The topological polar surface area (TPSA) is 38.8 Å².